The van der Waals surface area contributed by atoms with Gasteiger partial charge in [0.15, 0.2) is 0 Å². The molecular weight excluding hydrogens is 192 g/mol. The van der Waals surface area contributed by atoms with E-state index in [2.05, 4.69) is 13.8 Å². The lowest BCUT2D eigenvalue weighted by Gasteiger charge is -2.27. The zero-order valence-corrected chi connectivity index (χ0v) is 10.4. The van der Waals surface area contributed by atoms with Gasteiger partial charge in [0.1, 0.15) is 0 Å². The average molecular weight is 218 g/mol. The van der Waals surface area contributed by atoms with Gasteiger partial charge in [0.25, 0.3) is 5.97 Å². The van der Waals surface area contributed by atoms with E-state index in [1.54, 1.807) is 0 Å². The molecule has 0 aliphatic rings. The van der Waals surface area contributed by atoms with E-state index in [0.29, 0.717) is 19.6 Å². The summed E-state index contributed by atoms with van der Waals surface area (Å²) < 4.78 is 10.8. The predicted molar refractivity (Wildman–Crippen MR) is 61.6 cm³/mol. The Bertz CT molecular complexity index is 127. The molecular formula is C12H26O3. The van der Waals surface area contributed by atoms with Gasteiger partial charge in [-0.3, -0.25) is 0 Å². The van der Waals surface area contributed by atoms with E-state index in [0.717, 1.165) is 32.1 Å². The molecule has 0 aliphatic heterocycles. The van der Waals surface area contributed by atoms with E-state index in [9.17, 15) is 5.11 Å². The summed E-state index contributed by atoms with van der Waals surface area (Å²) in [6.45, 7) is 7.34. The molecule has 0 bridgehead atoms. The van der Waals surface area contributed by atoms with Crippen molar-refractivity contribution in [2.24, 2.45) is 0 Å². The Morgan fingerprint density at radius 3 is 1.67 bits per heavy atom. The topological polar surface area (TPSA) is 38.7 Å². The molecule has 0 aromatic heterocycles. The van der Waals surface area contributed by atoms with Gasteiger partial charge in [-0.25, -0.2) is 0 Å². The van der Waals surface area contributed by atoms with Crippen LogP contribution in [0, 0.1) is 0 Å². The standard InChI is InChI=1S/C12H26O3/c1-4-7-10-14-12(13,9-6-3)15-11-8-5-2/h13H,4-11H2,1-3H3. The van der Waals surface area contributed by atoms with Gasteiger partial charge in [-0.15, -0.1) is 0 Å². The fourth-order valence-corrected chi connectivity index (χ4v) is 1.25. The largest absolute Gasteiger partial charge is 0.343 e. The molecule has 0 radical (unpaired) electrons. The summed E-state index contributed by atoms with van der Waals surface area (Å²) in [6.07, 6.45) is 5.45. The van der Waals surface area contributed by atoms with E-state index >= 15 is 0 Å². The van der Waals surface area contributed by atoms with Crippen LogP contribution in [0.4, 0.5) is 0 Å². The van der Waals surface area contributed by atoms with Crippen LogP contribution in [0.5, 0.6) is 0 Å². The maximum Gasteiger partial charge on any atom is 0.280 e. The van der Waals surface area contributed by atoms with Crippen LogP contribution in [0.25, 0.3) is 0 Å². The zero-order chi connectivity index (χ0) is 11.6. The van der Waals surface area contributed by atoms with Crippen LogP contribution >= 0.6 is 0 Å². The van der Waals surface area contributed by atoms with Crippen LogP contribution < -0.4 is 0 Å². The highest BCUT2D eigenvalue weighted by atomic mass is 16.8. The van der Waals surface area contributed by atoms with Crippen LogP contribution in [0.3, 0.4) is 0 Å². The second kappa shape index (κ2) is 9.13. The summed E-state index contributed by atoms with van der Waals surface area (Å²) in [6, 6.07) is 0. The Kier molecular flexibility index (Phi) is 9.06. The molecule has 15 heavy (non-hydrogen) atoms. The third-order valence-corrected chi connectivity index (χ3v) is 2.22. The van der Waals surface area contributed by atoms with E-state index in [1.165, 1.54) is 0 Å². The molecule has 0 aliphatic carbocycles. The highest BCUT2D eigenvalue weighted by Gasteiger charge is 2.27. The molecule has 0 amide bonds. The van der Waals surface area contributed by atoms with Crippen LogP contribution in [-0.4, -0.2) is 24.3 Å². The first kappa shape index (κ1) is 14.9. The SMILES string of the molecule is CCCCOC(O)(CCC)OCCCC. The fraction of sp³-hybridized carbons (Fsp3) is 1.00. The van der Waals surface area contributed by atoms with Crippen molar-refractivity contribution >= 4 is 0 Å². The molecule has 0 atom stereocenters. The lowest BCUT2D eigenvalue weighted by Crippen LogP contribution is -2.36. The van der Waals surface area contributed by atoms with Crippen LogP contribution in [0.2, 0.25) is 0 Å². The average Bonchev–Trinajstić information content (AvgIpc) is 2.19. The molecule has 0 saturated carbocycles. The Morgan fingerprint density at radius 1 is 0.867 bits per heavy atom. The van der Waals surface area contributed by atoms with Gasteiger partial charge in [-0.05, 0) is 19.3 Å². The lowest BCUT2D eigenvalue weighted by molar-refractivity contribution is -0.363. The van der Waals surface area contributed by atoms with Crippen molar-refractivity contribution in [2.45, 2.75) is 65.3 Å². The van der Waals surface area contributed by atoms with Crippen molar-refractivity contribution in [3.8, 4) is 0 Å². The minimum Gasteiger partial charge on any atom is -0.343 e. The van der Waals surface area contributed by atoms with E-state index in [1.807, 2.05) is 6.92 Å². The molecule has 0 saturated heterocycles. The molecule has 3 nitrogen and oxygen atoms in total. The third-order valence-electron chi connectivity index (χ3n) is 2.22. The Morgan fingerprint density at radius 2 is 1.33 bits per heavy atom. The molecule has 0 heterocycles. The normalized spacial score (nSPS) is 12.0. The van der Waals surface area contributed by atoms with Crippen molar-refractivity contribution < 1.29 is 14.6 Å². The van der Waals surface area contributed by atoms with Crippen molar-refractivity contribution in [3.05, 3.63) is 0 Å². The van der Waals surface area contributed by atoms with Gasteiger partial charge in [-0.2, -0.15) is 0 Å². The number of ether oxygens (including phenoxy) is 2. The van der Waals surface area contributed by atoms with Gasteiger partial charge < -0.3 is 14.6 Å². The van der Waals surface area contributed by atoms with Crippen molar-refractivity contribution in [1.29, 1.82) is 0 Å². The Labute approximate surface area is 93.8 Å². The van der Waals surface area contributed by atoms with Crippen molar-refractivity contribution in [3.63, 3.8) is 0 Å². The van der Waals surface area contributed by atoms with E-state index < -0.39 is 5.97 Å². The second-order valence-corrected chi connectivity index (χ2v) is 3.87. The van der Waals surface area contributed by atoms with Crippen molar-refractivity contribution in [2.75, 3.05) is 13.2 Å². The van der Waals surface area contributed by atoms with Crippen LogP contribution in [0.15, 0.2) is 0 Å². The number of hydrogen-bond donors (Lipinski definition) is 1. The third kappa shape index (κ3) is 7.77. The smallest absolute Gasteiger partial charge is 0.280 e. The summed E-state index contributed by atoms with van der Waals surface area (Å²) in [5, 5.41) is 10.0. The van der Waals surface area contributed by atoms with E-state index in [4.69, 9.17) is 9.47 Å². The first-order valence-electron chi connectivity index (χ1n) is 6.18. The number of aliphatic hydroxyl groups is 1. The molecule has 0 rings (SSSR count). The first-order valence-corrected chi connectivity index (χ1v) is 6.18. The molecule has 0 spiro atoms. The molecule has 92 valence electrons. The number of rotatable bonds is 10. The van der Waals surface area contributed by atoms with Gasteiger partial charge >= 0.3 is 0 Å². The summed E-state index contributed by atoms with van der Waals surface area (Å²) in [5.74, 6) is -1.35. The Hall–Kier alpha value is -0.120. The van der Waals surface area contributed by atoms with Crippen LogP contribution in [0.1, 0.15) is 59.3 Å². The second-order valence-electron chi connectivity index (χ2n) is 3.87. The summed E-state index contributed by atoms with van der Waals surface area (Å²) in [4.78, 5) is 0. The minimum atomic E-state index is -1.35. The predicted octanol–water partition coefficient (Wildman–Crippen LogP) is 3.07. The van der Waals surface area contributed by atoms with Gasteiger partial charge in [0.05, 0.1) is 13.2 Å². The number of hydrogen-bond acceptors (Lipinski definition) is 3. The lowest BCUT2D eigenvalue weighted by atomic mass is 10.3. The van der Waals surface area contributed by atoms with Crippen LogP contribution in [-0.2, 0) is 9.47 Å². The summed E-state index contributed by atoms with van der Waals surface area (Å²) in [7, 11) is 0. The molecule has 0 fully saturated rings. The zero-order valence-electron chi connectivity index (χ0n) is 10.4. The summed E-state index contributed by atoms with van der Waals surface area (Å²) in [5.41, 5.74) is 0. The van der Waals surface area contributed by atoms with Gasteiger partial charge in [-0.1, -0.05) is 33.6 Å². The molecule has 0 aromatic carbocycles. The quantitative estimate of drug-likeness (QED) is 0.452. The van der Waals surface area contributed by atoms with E-state index in [-0.39, 0.29) is 0 Å². The summed E-state index contributed by atoms with van der Waals surface area (Å²) >= 11 is 0. The molecule has 0 aromatic rings. The van der Waals surface area contributed by atoms with Crippen molar-refractivity contribution in [1.82, 2.24) is 0 Å². The monoisotopic (exact) mass is 218 g/mol. The van der Waals surface area contributed by atoms with Gasteiger partial charge in [0.2, 0.25) is 0 Å². The highest BCUT2D eigenvalue weighted by Crippen LogP contribution is 2.17. The molecule has 3 heteroatoms. The Balaban J connectivity index is 3.83. The first-order chi connectivity index (χ1) is 7.18. The molecule has 1 N–H and O–H groups in total. The molecule has 0 unspecified atom stereocenters. The van der Waals surface area contributed by atoms with Gasteiger partial charge in [0, 0.05) is 6.42 Å². The number of unbranched alkanes of at least 4 members (excludes halogenated alkanes) is 2. The maximum absolute atomic E-state index is 10.0. The fourth-order valence-electron chi connectivity index (χ4n) is 1.25. The minimum absolute atomic E-state index is 0.542. The maximum atomic E-state index is 10.0. The highest BCUT2D eigenvalue weighted by molar-refractivity contribution is 4.54.